The number of benzene rings is 1. The van der Waals surface area contributed by atoms with Gasteiger partial charge < -0.3 is 9.30 Å². The Morgan fingerprint density at radius 2 is 1.86 bits per heavy atom. The zero-order valence-electron chi connectivity index (χ0n) is 15.2. The first kappa shape index (κ1) is 20.2. The summed E-state index contributed by atoms with van der Waals surface area (Å²) in [6, 6.07) is 7.34. The number of aromatic nitrogens is 2. The number of piperazine rings is 1. The molecular formula is C20H21ClF2N4O. The highest BCUT2D eigenvalue weighted by atomic mass is 35.5. The molecule has 1 aliphatic heterocycles. The van der Waals surface area contributed by atoms with Gasteiger partial charge in [0.25, 0.3) is 5.91 Å². The van der Waals surface area contributed by atoms with Crippen molar-refractivity contribution in [2.24, 2.45) is 0 Å². The Balaban J connectivity index is 0.00000225. The highest BCUT2D eigenvalue weighted by Gasteiger charge is 2.24. The molecule has 148 valence electrons. The number of hydrogen-bond acceptors (Lipinski definition) is 3. The molecule has 3 aromatic rings. The van der Waals surface area contributed by atoms with E-state index in [4.69, 9.17) is 0 Å². The number of hydrogen-bond donors (Lipinski definition) is 0. The predicted octanol–water partition coefficient (Wildman–Crippen LogP) is 3.03. The van der Waals surface area contributed by atoms with E-state index in [0.29, 0.717) is 42.8 Å². The summed E-state index contributed by atoms with van der Waals surface area (Å²) in [5, 5.41) is 0. The van der Waals surface area contributed by atoms with Crippen molar-refractivity contribution in [2.45, 2.75) is 6.42 Å². The Bertz CT molecular complexity index is 970. The van der Waals surface area contributed by atoms with Crippen LogP contribution in [0.4, 0.5) is 8.78 Å². The minimum Gasteiger partial charge on any atom is -0.336 e. The van der Waals surface area contributed by atoms with E-state index in [9.17, 15) is 13.6 Å². The van der Waals surface area contributed by atoms with Gasteiger partial charge in [-0.3, -0.25) is 9.69 Å². The lowest BCUT2D eigenvalue weighted by Crippen LogP contribution is -2.49. The van der Waals surface area contributed by atoms with Crippen molar-refractivity contribution in [3.05, 3.63) is 71.7 Å². The molecule has 4 rings (SSSR count). The number of halogens is 3. The van der Waals surface area contributed by atoms with Crippen molar-refractivity contribution in [3.63, 3.8) is 0 Å². The standard InChI is InChI=1S/C20H20F2N4O.ClH/c21-16-4-3-15(18(22)14-16)5-8-24-10-12-26(13-11-24)20(27)17-2-1-7-25-9-6-23-19(17)25;/h1-4,6-7,9,14H,5,8,10-13H2;1H. The fourth-order valence-corrected chi connectivity index (χ4v) is 3.46. The molecule has 1 saturated heterocycles. The van der Waals surface area contributed by atoms with Gasteiger partial charge in [0.1, 0.15) is 17.3 Å². The Hall–Kier alpha value is -2.51. The Kier molecular flexibility index (Phi) is 6.26. The Morgan fingerprint density at radius 1 is 1.07 bits per heavy atom. The van der Waals surface area contributed by atoms with Crippen molar-refractivity contribution in [3.8, 4) is 0 Å². The maximum Gasteiger partial charge on any atom is 0.257 e. The highest BCUT2D eigenvalue weighted by molar-refractivity contribution is 5.99. The molecule has 0 unspecified atom stereocenters. The number of pyridine rings is 1. The third-order valence-corrected chi connectivity index (χ3v) is 5.02. The van der Waals surface area contributed by atoms with Crippen LogP contribution in [0.5, 0.6) is 0 Å². The molecule has 0 spiro atoms. The monoisotopic (exact) mass is 406 g/mol. The van der Waals surface area contributed by atoms with Crippen LogP contribution in [0.15, 0.2) is 48.9 Å². The van der Waals surface area contributed by atoms with Gasteiger partial charge >= 0.3 is 0 Å². The van der Waals surface area contributed by atoms with Crippen molar-refractivity contribution in [2.75, 3.05) is 32.7 Å². The third kappa shape index (κ3) is 4.15. The molecular weight excluding hydrogens is 386 g/mol. The fourth-order valence-electron chi connectivity index (χ4n) is 3.46. The average molecular weight is 407 g/mol. The molecule has 28 heavy (non-hydrogen) atoms. The first-order valence-corrected chi connectivity index (χ1v) is 8.99. The highest BCUT2D eigenvalue weighted by Crippen LogP contribution is 2.15. The molecule has 3 heterocycles. The van der Waals surface area contributed by atoms with E-state index in [0.717, 1.165) is 19.2 Å². The van der Waals surface area contributed by atoms with E-state index in [1.54, 1.807) is 12.3 Å². The van der Waals surface area contributed by atoms with Crippen molar-refractivity contribution in [1.82, 2.24) is 19.2 Å². The maximum atomic E-state index is 13.7. The van der Waals surface area contributed by atoms with Gasteiger partial charge in [-0.2, -0.15) is 0 Å². The van der Waals surface area contributed by atoms with Gasteiger partial charge in [-0.1, -0.05) is 6.07 Å². The van der Waals surface area contributed by atoms with Crippen LogP contribution in [0.3, 0.4) is 0 Å². The summed E-state index contributed by atoms with van der Waals surface area (Å²) in [6.45, 7) is 3.37. The zero-order chi connectivity index (χ0) is 18.8. The quantitative estimate of drug-likeness (QED) is 0.668. The van der Waals surface area contributed by atoms with Gasteiger partial charge in [0.2, 0.25) is 0 Å². The number of carbonyl (C=O) groups excluding carboxylic acids is 1. The van der Waals surface area contributed by atoms with Crippen LogP contribution in [0.1, 0.15) is 15.9 Å². The lowest BCUT2D eigenvalue weighted by molar-refractivity contribution is 0.0639. The SMILES string of the molecule is Cl.O=C(c1cccn2ccnc12)N1CCN(CCc2ccc(F)cc2F)CC1. The second-order valence-electron chi connectivity index (χ2n) is 6.70. The van der Waals surface area contributed by atoms with Gasteiger partial charge in [-0.15, -0.1) is 12.4 Å². The predicted molar refractivity (Wildman–Crippen MR) is 105 cm³/mol. The van der Waals surface area contributed by atoms with Crippen molar-refractivity contribution < 1.29 is 13.6 Å². The van der Waals surface area contributed by atoms with E-state index in [2.05, 4.69) is 9.88 Å². The minimum atomic E-state index is -0.559. The molecule has 5 nitrogen and oxygen atoms in total. The average Bonchev–Trinajstić information content (AvgIpc) is 3.16. The molecule has 0 N–H and O–H groups in total. The number of imidazole rings is 1. The van der Waals surface area contributed by atoms with Crippen LogP contribution in [0.2, 0.25) is 0 Å². The van der Waals surface area contributed by atoms with Crippen molar-refractivity contribution in [1.29, 1.82) is 0 Å². The summed E-state index contributed by atoms with van der Waals surface area (Å²) in [7, 11) is 0. The Morgan fingerprint density at radius 3 is 2.61 bits per heavy atom. The molecule has 0 radical (unpaired) electrons. The van der Waals surface area contributed by atoms with E-state index in [1.807, 2.05) is 27.8 Å². The topological polar surface area (TPSA) is 40.9 Å². The third-order valence-electron chi connectivity index (χ3n) is 5.02. The fraction of sp³-hybridized carbons (Fsp3) is 0.300. The van der Waals surface area contributed by atoms with Crippen LogP contribution < -0.4 is 0 Å². The first-order chi connectivity index (χ1) is 13.1. The van der Waals surface area contributed by atoms with Crippen molar-refractivity contribution >= 4 is 24.0 Å². The normalized spacial score (nSPS) is 14.9. The second-order valence-corrected chi connectivity index (χ2v) is 6.70. The molecule has 1 amide bonds. The van der Waals surface area contributed by atoms with E-state index < -0.39 is 11.6 Å². The molecule has 1 aromatic carbocycles. The van der Waals surface area contributed by atoms with E-state index in [1.165, 1.54) is 12.1 Å². The Labute approximate surface area is 168 Å². The molecule has 8 heteroatoms. The minimum absolute atomic E-state index is 0. The molecule has 1 aliphatic rings. The van der Waals surface area contributed by atoms with Crippen LogP contribution in [-0.2, 0) is 6.42 Å². The van der Waals surface area contributed by atoms with E-state index >= 15 is 0 Å². The second kappa shape index (κ2) is 8.67. The first-order valence-electron chi connectivity index (χ1n) is 8.99. The van der Waals surface area contributed by atoms with Crippen LogP contribution in [0.25, 0.3) is 5.65 Å². The van der Waals surface area contributed by atoms with E-state index in [-0.39, 0.29) is 18.3 Å². The van der Waals surface area contributed by atoms with Crippen LogP contribution in [0, 0.1) is 11.6 Å². The summed E-state index contributed by atoms with van der Waals surface area (Å²) in [5.41, 5.74) is 1.78. The largest absolute Gasteiger partial charge is 0.336 e. The molecule has 0 atom stereocenters. The van der Waals surface area contributed by atoms with Crippen LogP contribution >= 0.6 is 12.4 Å². The molecule has 0 saturated carbocycles. The summed E-state index contributed by atoms with van der Waals surface area (Å²) < 4.78 is 28.6. The summed E-state index contributed by atoms with van der Waals surface area (Å²) >= 11 is 0. The van der Waals surface area contributed by atoms with Gasteiger partial charge in [-0.05, 0) is 30.2 Å². The summed E-state index contributed by atoms with van der Waals surface area (Å²) in [5.74, 6) is -1.08. The lowest BCUT2D eigenvalue weighted by atomic mass is 10.1. The number of rotatable bonds is 4. The number of amides is 1. The number of carbonyl (C=O) groups is 1. The van der Waals surface area contributed by atoms with Crippen LogP contribution in [-0.4, -0.2) is 57.8 Å². The number of fused-ring (bicyclic) bond motifs is 1. The zero-order valence-corrected chi connectivity index (χ0v) is 16.0. The molecule has 2 aromatic heterocycles. The molecule has 0 aliphatic carbocycles. The van der Waals surface area contributed by atoms with Gasteiger partial charge in [0.15, 0.2) is 0 Å². The molecule has 0 bridgehead atoms. The number of nitrogens with zero attached hydrogens (tertiary/aromatic N) is 4. The summed E-state index contributed by atoms with van der Waals surface area (Å²) in [6.07, 6.45) is 5.89. The maximum absolute atomic E-state index is 13.7. The van der Waals surface area contributed by atoms with Gasteiger partial charge in [0.05, 0.1) is 5.56 Å². The molecule has 1 fully saturated rings. The smallest absolute Gasteiger partial charge is 0.257 e. The summed E-state index contributed by atoms with van der Waals surface area (Å²) in [4.78, 5) is 21.1. The van der Waals surface area contributed by atoms with Gasteiger partial charge in [0, 0.05) is 57.4 Å². The van der Waals surface area contributed by atoms with Gasteiger partial charge in [-0.25, -0.2) is 13.8 Å². The lowest BCUT2D eigenvalue weighted by Gasteiger charge is -2.34.